The van der Waals surface area contributed by atoms with Crippen LogP contribution in [0.3, 0.4) is 0 Å². The number of anilines is 1. The zero-order valence-electron chi connectivity index (χ0n) is 15.4. The summed E-state index contributed by atoms with van der Waals surface area (Å²) in [5.41, 5.74) is 1.20. The molecule has 0 saturated carbocycles. The first-order valence-corrected chi connectivity index (χ1v) is 11.9. The molecule has 0 unspecified atom stereocenters. The second-order valence-corrected chi connectivity index (χ2v) is 9.91. The van der Waals surface area contributed by atoms with Gasteiger partial charge in [0.15, 0.2) is 0 Å². The van der Waals surface area contributed by atoms with Gasteiger partial charge >= 0.3 is 0 Å². The van der Waals surface area contributed by atoms with Crippen LogP contribution in [0.4, 0.5) is 5.69 Å². The van der Waals surface area contributed by atoms with E-state index in [9.17, 15) is 16.8 Å². The number of benzene rings is 2. The lowest BCUT2D eigenvalue weighted by atomic mass is 10.2. The normalized spacial score (nSPS) is 16.2. The van der Waals surface area contributed by atoms with Crippen LogP contribution >= 0.6 is 0 Å². The van der Waals surface area contributed by atoms with E-state index in [-0.39, 0.29) is 16.3 Å². The summed E-state index contributed by atoms with van der Waals surface area (Å²) in [7, 11) is -7.55. The van der Waals surface area contributed by atoms with Crippen molar-refractivity contribution in [3.05, 3.63) is 54.6 Å². The molecule has 2 aromatic carbocycles. The molecule has 1 fully saturated rings. The molecular formula is C18H24N4O4S2. The third-order valence-corrected chi connectivity index (χ3v) is 7.08. The monoisotopic (exact) mass is 424 g/mol. The van der Waals surface area contributed by atoms with E-state index in [0.29, 0.717) is 6.54 Å². The Kier molecular flexibility index (Phi) is 6.36. The fourth-order valence-corrected chi connectivity index (χ4v) is 4.63. The molecule has 1 aliphatic heterocycles. The van der Waals surface area contributed by atoms with Gasteiger partial charge in [-0.05, 0) is 36.4 Å². The molecule has 3 N–H and O–H groups in total. The average Bonchev–Trinajstić information content (AvgIpc) is 2.68. The Morgan fingerprint density at radius 1 is 0.821 bits per heavy atom. The highest BCUT2D eigenvalue weighted by molar-refractivity contribution is 7.89. The highest BCUT2D eigenvalue weighted by Crippen LogP contribution is 2.16. The van der Waals surface area contributed by atoms with Gasteiger partial charge < -0.3 is 4.90 Å². The molecule has 28 heavy (non-hydrogen) atoms. The second-order valence-electron chi connectivity index (χ2n) is 6.58. The molecule has 0 spiro atoms. The van der Waals surface area contributed by atoms with Gasteiger partial charge in [0, 0.05) is 45.0 Å². The Morgan fingerprint density at radius 3 is 1.96 bits per heavy atom. The maximum atomic E-state index is 12.4. The van der Waals surface area contributed by atoms with Crippen molar-refractivity contribution < 1.29 is 16.8 Å². The smallest absolute Gasteiger partial charge is 0.240 e. The fourth-order valence-electron chi connectivity index (χ4n) is 3.10. The van der Waals surface area contributed by atoms with E-state index in [1.807, 2.05) is 18.2 Å². The SMILES string of the molecule is NS(=O)(=O)c1ccc(S(=O)(=O)NCCN2CCN(c3ccccc3)CC2)cc1. The summed E-state index contributed by atoms with van der Waals surface area (Å²) in [6, 6.07) is 15.1. The highest BCUT2D eigenvalue weighted by Gasteiger charge is 2.19. The summed E-state index contributed by atoms with van der Waals surface area (Å²) < 4.78 is 49.8. The number of nitrogens with one attached hydrogen (secondary N) is 1. The van der Waals surface area contributed by atoms with Gasteiger partial charge in [0.05, 0.1) is 9.79 Å². The number of piperazine rings is 1. The first kappa shape index (κ1) is 20.7. The maximum absolute atomic E-state index is 12.4. The van der Waals surface area contributed by atoms with Gasteiger partial charge in [-0.15, -0.1) is 0 Å². The van der Waals surface area contributed by atoms with Crippen LogP contribution in [0.15, 0.2) is 64.4 Å². The molecule has 152 valence electrons. The van der Waals surface area contributed by atoms with Crippen molar-refractivity contribution in [3.8, 4) is 0 Å². The second kappa shape index (κ2) is 8.58. The summed E-state index contributed by atoms with van der Waals surface area (Å²) in [5.74, 6) is 0. The van der Waals surface area contributed by atoms with Gasteiger partial charge in [0.1, 0.15) is 0 Å². The van der Waals surface area contributed by atoms with Crippen molar-refractivity contribution in [2.24, 2.45) is 5.14 Å². The highest BCUT2D eigenvalue weighted by atomic mass is 32.2. The van der Waals surface area contributed by atoms with E-state index in [2.05, 4.69) is 26.7 Å². The van der Waals surface area contributed by atoms with Gasteiger partial charge in [-0.3, -0.25) is 4.90 Å². The lowest BCUT2D eigenvalue weighted by Crippen LogP contribution is -2.48. The number of rotatable bonds is 7. The molecule has 10 heteroatoms. The number of sulfonamides is 2. The Hall–Kier alpha value is -1.98. The number of hydrogen-bond donors (Lipinski definition) is 2. The van der Waals surface area contributed by atoms with Crippen LogP contribution in [0, 0.1) is 0 Å². The minimum atomic E-state index is -3.85. The molecular weight excluding hydrogens is 400 g/mol. The van der Waals surface area contributed by atoms with Gasteiger partial charge in [-0.1, -0.05) is 18.2 Å². The van der Waals surface area contributed by atoms with Crippen LogP contribution in [0.2, 0.25) is 0 Å². The van der Waals surface area contributed by atoms with Gasteiger partial charge in [-0.25, -0.2) is 26.7 Å². The molecule has 0 bridgehead atoms. The van der Waals surface area contributed by atoms with Crippen LogP contribution in [0.25, 0.3) is 0 Å². The first-order chi connectivity index (χ1) is 13.3. The quantitative estimate of drug-likeness (QED) is 0.667. The number of hydrogen-bond acceptors (Lipinski definition) is 6. The van der Waals surface area contributed by atoms with Crippen molar-refractivity contribution in [2.75, 3.05) is 44.2 Å². The van der Waals surface area contributed by atoms with E-state index in [4.69, 9.17) is 5.14 Å². The van der Waals surface area contributed by atoms with E-state index in [0.717, 1.165) is 26.2 Å². The molecule has 8 nitrogen and oxygen atoms in total. The van der Waals surface area contributed by atoms with Crippen molar-refractivity contribution in [1.82, 2.24) is 9.62 Å². The summed E-state index contributed by atoms with van der Waals surface area (Å²) in [4.78, 5) is 4.41. The molecule has 1 aliphatic rings. The van der Waals surface area contributed by atoms with E-state index >= 15 is 0 Å². The number of nitrogens with zero attached hydrogens (tertiary/aromatic N) is 2. The molecule has 1 saturated heterocycles. The fraction of sp³-hybridized carbons (Fsp3) is 0.333. The van der Waals surface area contributed by atoms with Gasteiger partial charge in [0.2, 0.25) is 20.0 Å². The van der Waals surface area contributed by atoms with Crippen LogP contribution in [-0.4, -0.2) is 61.0 Å². The third kappa shape index (κ3) is 5.30. The van der Waals surface area contributed by atoms with Gasteiger partial charge in [-0.2, -0.15) is 0 Å². The van der Waals surface area contributed by atoms with Crippen LogP contribution in [-0.2, 0) is 20.0 Å². The molecule has 0 radical (unpaired) electrons. The first-order valence-electron chi connectivity index (χ1n) is 8.91. The Morgan fingerprint density at radius 2 is 1.39 bits per heavy atom. The molecule has 1 heterocycles. The Balaban J connectivity index is 1.48. The standard InChI is InChI=1S/C18H24N4O4S2/c19-27(23,24)17-6-8-18(9-7-17)28(25,26)20-10-11-21-12-14-22(15-13-21)16-4-2-1-3-5-16/h1-9,20H,10-15H2,(H2,19,23,24). The Labute approximate surface area is 166 Å². The Bertz CT molecular complexity index is 986. The van der Waals surface area contributed by atoms with Gasteiger partial charge in [0.25, 0.3) is 0 Å². The molecule has 0 amide bonds. The predicted molar refractivity (Wildman–Crippen MR) is 108 cm³/mol. The third-order valence-electron chi connectivity index (χ3n) is 4.68. The molecule has 2 aromatic rings. The molecule has 0 aromatic heterocycles. The van der Waals surface area contributed by atoms with Crippen LogP contribution in [0.1, 0.15) is 0 Å². The van der Waals surface area contributed by atoms with E-state index in [1.54, 1.807) is 0 Å². The van der Waals surface area contributed by atoms with Crippen LogP contribution < -0.4 is 14.8 Å². The predicted octanol–water partition coefficient (Wildman–Crippen LogP) is 0.435. The van der Waals surface area contributed by atoms with Crippen LogP contribution in [0.5, 0.6) is 0 Å². The topological polar surface area (TPSA) is 113 Å². The van der Waals surface area contributed by atoms with E-state index in [1.165, 1.54) is 30.0 Å². The van der Waals surface area contributed by atoms with Crippen molar-refractivity contribution in [1.29, 1.82) is 0 Å². The number of para-hydroxylation sites is 1. The van der Waals surface area contributed by atoms with E-state index < -0.39 is 20.0 Å². The van der Waals surface area contributed by atoms with Crippen molar-refractivity contribution >= 4 is 25.7 Å². The minimum absolute atomic E-state index is 0.00815. The lowest BCUT2D eigenvalue weighted by molar-refractivity contribution is 0.262. The maximum Gasteiger partial charge on any atom is 0.240 e. The minimum Gasteiger partial charge on any atom is -0.369 e. The summed E-state index contributed by atoms with van der Waals surface area (Å²) >= 11 is 0. The molecule has 0 aliphatic carbocycles. The summed E-state index contributed by atoms with van der Waals surface area (Å²) in [6.07, 6.45) is 0. The molecule has 3 rings (SSSR count). The van der Waals surface area contributed by atoms with Crippen molar-refractivity contribution in [3.63, 3.8) is 0 Å². The summed E-state index contributed by atoms with van der Waals surface area (Å²) in [6.45, 7) is 4.40. The number of primary sulfonamides is 1. The average molecular weight is 425 g/mol. The largest absolute Gasteiger partial charge is 0.369 e. The molecule has 0 atom stereocenters. The number of nitrogens with two attached hydrogens (primary N) is 1. The summed E-state index contributed by atoms with van der Waals surface area (Å²) in [5, 5.41) is 5.02. The zero-order valence-corrected chi connectivity index (χ0v) is 17.0. The lowest BCUT2D eigenvalue weighted by Gasteiger charge is -2.36. The van der Waals surface area contributed by atoms with Crippen molar-refractivity contribution in [2.45, 2.75) is 9.79 Å². The zero-order chi connectivity index (χ0) is 20.2.